The zero-order chi connectivity index (χ0) is 16.6. The van der Waals surface area contributed by atoms with Crippen molar-refractivity contribution in [2.24, 2.45) is 0 Å². The van der Waals surface area contributed by atoms with E-state index in [9.17, 15) is 9.59 Å². The lowest BCUT2D eigenvalue weighted by Gasteiger charge is -2.16. The Morgan fingerprint density at radius 3 is 2.05 bits per heavy atom. The number of nitrogens with zero attached hydrogens (tertiary/aromatic N) is 1. The van der Waals surface area contributed by atoms with Crippen LogP contribution < -0.4 is 10.6 Å². The fraction of sp³-hybridized carbons (Fsp3) is 0.867. The van der Waals surface area contributed by atoms with E-state index in [1.807, 2.05) is 0 Å². The van der Waals surface area contributed by atoms with Crippen molar-refractivity contribution in [1.82, 2.24) is 15.5 Å². The van der Waals surface area contributed by atoms with Gasteiger partial charge in [0.05, 0.1) is 26.4 Å². The molecule has 0 aliphatic rings. The Balaban J connectivity index is 3.19. The molecule has 0 rings (SSSR count). The van der Waals surface area contributed by atoms with Crippen LogP contribution in [0.15, 0.2) is 0 Å². The second-order valence-electron chi connectivity index (χ2n) is 5.20. The molecule has 0 aromatic heterocycles. The van der Waals surface area contributed by atoms with Crippen molar-refractivity contribution in [2.45, 2.75) is 26.7 Å². The Kier molecular flexibility index (Phi) is 14.0. The van der Waals surface area contributed by atoms with Gasteiger partial charge in [-0.05, 0) is 26.4 Å². The molecule has 7 nitrogen and oxygen atoms in total. The number of hydrogen-bond acceptors (Lipinski definition) is 5. The Bertz CT molecular complexity index is 301. The summed E-state index contributed by atoms with van der Waals surface area (Å²) in [4.78, 5) is 23.5. The van der Waals surface area contributed by atoms with Gasteiger partial charge in [0.15, 0.2) is 0 Å². The van der Waals surface area contributed by atoms with Crippen molar-refractivity contribution >= 4 is 11.8 Å². The molecule has 7 heteroatoms. The molecule has 0 spiro atoms. The third-order valence-corrected chi connectivity index (χ3v) is 2.95. The number of nitrogens with one attached hydrogen (secondary N) is 2. The van der Waals surface area contributed by atoms with Crippen LogP contribution in [0.1, 0.15) is 26.7 Å². The Labute approximate surface area is 133 Å². The average molecular weight is 317 g/mol. The van der Waals surface area contributed by atoms with Gasteiger partial charge in [-0.2, -0.15) is 0 Å². The smallest absolute Gasteiger partial charge is 0.216 e. The van der Waals surface area contributed by atoms with Crippen LogP contribution in [0.4, 0.5) is 0 Å². The number of ether oxygens (including phenoxy) is 2. The molecule has 0 atom stereocenters. The number of carbonyl (C=O) groups is 2. The molecule has 0 unspecified atom stereocenters. The highest BCUT2D eigenvalue weighted by atomic mass is 16.5. The number of amides is 2. The molecular weight excluding hydrogens is 286 g/mol. The maximum absolute atomic E-state index is 10.7. The summed E-state index contributed by atoms with van der Waals surface area (Å²) in [5.41, 5.74) is 0. The Hall–Kier alpha value is -1.18. The van der Waals surface area contributed by atoms with Gasteiger partial charge in [-0.25, -0.2) is 0 Å². The van der Waals surface area contributed by atoms with Crippen molar-refractivity contribution < 1.29 is 19.1 Å². The topological polar surface area (TPSA) is 79.9 Å². The molecule has 0 fully saturated rings. The van der Waals surface area contributed by atoms with Gasteiger partial charge in [0, 0.05) is 33.5 Å². The van der Waals surface area contributed by atoms with Crippen LogP contribution in [0.25, 0.3) is 0 Å². The molecule has 0 radical (unpaired) electrons. The molecule has 0 bridgehead atoms. The zero-order valence-corrected chi connectivity index (χ0v) is 14.2. The SMILES string of the molecule is CC(=O)NCCCCN(C)CCOCCOCCNC(C)=O. The second kappa shape index (κ2) is 14.7. The first kappa shape index (κ1) is 20.8. The molecule has 2 N–H and O–H groups in total. The molecule has 0 heterocycles. The maximum Gasteiger partial charge on any atom is 0.216 e. The standard InChI is InChI=1S/C15H31N3O4/c1-14(19)16-6-4-5-8-18(3)9-11-22-13-12-21-10-7-17-15(2)20/h4-13H2,1-3H3,(H,16,19)(H,17,20). The fourth-order valence-corrected chi connectivity index (χ4v) is 1.72. The first-order valence-corrected chi connectivity index (χ1v) is 7.85. The number of rotatable bonds is 14. The molecule has 22 heavy (non-hydrogen) atoms. The van der Waals surface area contributed by atoms with Gasteiger partial charge in [-0.1, -0.05) is 0 Å². The zero-order valence-electron chi connectivity index (χ0n) is 14.2. The normalized spacial score (nSPS) is 10.7. The van der Waals surface area contributed by atoms with Crippen LogP contribution in [0.2, 0.25) is 0 Å². The highest BCUT2D eigenvalue weighted by Gasteiger charge is 1.99. The summed E-state index contributed by atoms with van der Waals surface area (Å²) < 4.78 is 10.8. The maximum atomic E-state index is 10.7. The summed E-state index contributed by atoms with van der Waals surface area (Å²) in [7, 11) is 2.06. The fourth-order valence-electron chi connectivity index (χ4n) is 1.72. The van der Waals surface area contributed by atoms with E-state index in [-0.39, 0.29) is 11.8 Å². The van der Waals surface area contributed by atoms with E-state index in [0.29, 0.717) is 33.0 Å². The molecule has 0 aromatic carbocycles. The van der Waals surface area contributed by atoms with Gasteiger partial charge >= 0.3 is 0 Å². The van der Waals surface area contributed by atoms with Crippen LogP contribution in [-0.4, -0.2) is 76.4 Å². The van der Waals surface area contributed by atoms with E-state index in [4.69, 9.17) is 9.47 Å². The third kappa shape index (κ3) is 16.9. The predicted molar refractivity (Wildman–Crippen MR) is 85.7 cm³/mol. The number of likely N-dealkylation sites (N-methyl/N-ethyl adjacent to an activating group) is 1. The largest absolute Gasteiger partial charge is 0.378 e. The second-order valence-corrected chi connectivity index (χ2v) is 5.20. The van der Waals surface area contributed by atoms with E-state index in [1.165, 1.54) is 13.8 Å². The minimum Gasteiger partial charge on any atom is -0.378 e. The van der Waals surface area contributed by atoms with Gasteiger partial charge in [0.2, 0.25) is 11.8 Å². The molecule has 130 valence electrons. The van der Waals surface area contributed by atoms with Crippen LogP contribution in [0, 0.1) is 0 Å². The van der Waals surface area contributed by atoms with Crippen molar-refractivity contribution in [3.8, 4) is 0 Å². The van der Waals surface area contributed by atoms with Crippen LogP contribution in [-0.2, 0) is 19.1 Å². The minimum absolute atomic E-state index is 0.0287. The molecule has 0 saturated heterocycles. The van der Waals surface area contributed by atoms with Crippen molar-refractivity contribution in [3.63, 3.8) is 0 Å². The molecule has 2 amide bonds. The summed E-state index contributed by atoms with van der Waals surface area (Å²) in [6, 6.07) is 0. The monoisotopic (exact) mass is 317 g/mol. The molecular formula is C15H31N3O4. The minimum atomic E-state index is -0.0417. The quantitative estimate of drug-likeness (QED) is 0.441. The first-order valence-electron chi connectivity index (χ1n) is 7.85. The number of unbranched alkanes of at least 4 members (excludes halogenated alkanes) is 1. The van der Waals surface area contributed by atoms with Crippen molar-refractivity contribution in [1.29, 1.82) is 0 Å². The number of hydrogen-bond donors (Lipinski definition) is 2. The summed E-state index contributed by atoms with van der Waals surface area (Å²) in [5, 5.41) is 5.45. The number of carbonyl (C=O) groups excluding carboxylic acids is 2. The van der Waals surface area contributed by atoms with Gasteiger partial charge < -0.3 is 25.0 Å². The summed E-state index contributed by atoms with van der Waals surface area (Å²) in [5.74, 6) is -0.0130. The average Bonchev–Trinajstić information content (AvgIpc) is 2.44. The lowest BCUT2D eigenvalue weighted by atomic mass is 10.3. The van der Waals surface area contributed by atoms with Crippen LogP contribution in [0.5, 0.6) is 0 Å². The Morgan fingerprint density at radius 2 is 1.41 bits per heavy atom. The predicted octanol–water partition coefficient (Wildman–Crippen LogP) is 0.00380. The highest BCUT2D eigenvalue weighted by Crippen LogP contribution is 1.92. The van der Waals surface area contributed by atoms with E-state index < -0.39 is 0 Å². The first-order chi connectivity index (χ1) is 10.5. The molecule has 0 aromatic rings. The third-order valence-electron chi connectivity index (χ3n) is 2.95. The van der Waals surface area contributed by atoms with E-state index in [1.54, 1.807) is 0 Å². The summed E-state index contributed by atoms with van der Waals surface area (Å²) in [6.07, 6.45) is 2.05. The lowest BCUT2D eigenvalue weighted by molar-refractivity contribution is -0.119. The molecule has 0 saturated carbocycles. The summed E-state index contributed by atoms with van der Waals surface area (Å²) >= 11 is 0. The molecule has 0 aliphatic heterocycles. The van der Waals surface area contributed by atoms with E-state index >= 15 is 0 Å². The highest BCUT2D eigenvalue weighted by molar-refractivity contribution is 5.72. The summed E-state index contributed by atoms with van der Waals surface area (Å²) in [6.45, 7) is 8.48. The van der Waals surface area contributed by atoms with E-state index in [2.05, 4.69) is 22.6 Å². The van der Waals surface area contributed by atoms with Gasteiger partial charge in [-0.3, -0.25) is 9.59 Å². The van der Waals surface area contributed by atoms with Gasteiger partial charge in [0.1, 0.15) is 0 Å². The van der Waals surface area contributed by atoms with Crippen LogP contribution >= 0.6 is 0 Å². The van der Waals surface area contributed by atoms with Gasteiger partial charge in [-0.15, -0.1) is 0 Å². The van der Waals surface area contributed by atoms with E-state index in [0.717, 1.165) is 32.5 Å². The molecule has 0 aliphatic carbocycles. The van der Waals surface area contributed by atoms with Gasteiger partial charge in [0.25, 0.3) is 0 Å². The van der Waals surface area contributed by atoms with Crippen molar-refractivity contribution in [3.05, 3.63) is 0 Å². The van der Waals surface area contributed by atoms with Crippen LogP contribution in [0.3, 0.4) is 0 Å². The lowest BCUT2D eigenvalue weighted by Crippen LogP contribution is -2.27. The Morgan fingerprint density at radius 1 is 0.818 bits per heavy atom. The van der Waals surface area contributed by atoms with Crippen molar-refractivity contribution in [2.75, 3.05) is 59.7 Å².